The number of carbonyl (C=O) groups is 1. The van der Waals surface area contributed by atoms with Crippen LogP contribution in [0.15, 0.2) is 40.9 Å². The molecule has 5 heteroatoms. The van der Waals surface area contributed by atoms with E-state index in [-0.39, 0.29) is 5.92 Å². The van der Waals surface area contributed by atoms with Gasteiger partial charge in [0.25, 0.3) is 0 Å². The highest BCUT2D eigenvalue weighted by molar-refractivity contribution is 9.10. The first kappa shape index (κ1) is 15.7. The fourth-order valence-electron chi connectivity index (χ4n) is 2.82. The zero-order chi connectivity index (χ0) is 15.5. The van der Waals surface area contributed by atoms with Crippen LogP contribution in [0, 0.1) is 5.92 Å². The number of hydrogen-bond donors (Lipinski definition) is 1. The van der Waals surface area contributed by atoms with Crippen LogP contribution in [0.25, 0.3) is 10.4 Å². The van der Waals surface area contributed by atoms with Gasteiger partial charge >= 0.3 is 5.97 Å². The van der Waals surface area contributed by atoms with Crippen LogP contribution in [0.2, 0.25) is 0 Å². The normalized spacial score (nSPS) is 16.8. The molecule has 1 saturated heterocycles. The summed E-state index contributed by atoms with van der Waals surface area (Å²) in [5.41, 5.74) is 1.23. The molecule has 0 saturated carbocycles. The second kappa shape index (κ2) is 6.94. The molecule has 2 heterocycles. The first-order valence-electron chi connectivity index (χ1n) is 7.41. The van der Waals surface area contributed by atoms with E-state index in [0.717, 1.165) is 36.9 Å². The molecular weight excluding hydrogens is 362 g/mol. The molecule has 1 N–H and O–H groups in total. The van der Waals surface area contributed by atoms with Gasteiger partial charge in [-0.05, 0) is 55.8 Å². The van der Waals surface area contributed by atoms with Gasteiger partial charge < -0.3 is 5.11 Å². The molecule has 0 bridgehead atoms. The van der Waals surface area contributed by atoms with Gasteiger partial charge in [-0.2, -0.15) is 0 Å². The van der Waals surface area contributed by atoms with Crippen molar-refractivity contribution in [3.63, 3.8) is 0 Å². The topological polar surface area (TPSA) is 40.5 Å². The van der Waals surface area contributed by atoms with Crippen LogP contribution in [0.4, 0.5) is 0 Å². The fourth-order valence-corrected chi connectivity index (χ4v) is 4.26. The van der Waals surface area contributed by atoms with Crippen LogP contribution in [0.3, 0.4) is 0 Å². The van der Waals surface area contributed by atoms with Crippen molar-refractivity contribution in [2.75, 3.05) is 13.1 Å². The van der Waals surface area contributed by atoms with Gasteiger partial charge in [0.15, 0.2) is 0 Å². The quantitative estimate of drug-likeness (QED) is 0.851. The lowest BCUT2D eigenvalue weighted by molar-refractivity contribution is -0.143. The summed E-state index contributed by atoms with van der Waals surface area (Å²) in [4.78, 5) is 16.0. The largest absolute Gasteiger partial charge is 0.481 e. The number of carboxylic acids is 1. The van der Waals surface area contributed by atoms with Crippen molar-refractivity contribution >= 4 is 33.2 Å². The molecule has 0 atom stereocenters. The number of rotatable bonds is 4. The van der Waals surface area contributed by atoms with Gasteiger partial charge in [0.05, 0.1) is 5.92 Å². The second-order valence-corrected chi connectivity index (χ2v) is 7.75. The van der Waals surface area contributed by atoms with Crippen LogP contribution in [0.5, 0.6) is 0 Å². The van der Waals surface area contributed by atoms with Gasteiger partial charge in [-0.15, -0.1) is 11.3 Å². The highest BCUT2D eigenvalue weighted by Gasteiger charge is 2.24. The van der Waals surface area contributed by atoms with E-state index in [9.17, 15) is 4.79 Å². The van der Waals surface area contributed by atoms with E-state index in [0.29, 0.717) is 0 Å². The lowest BCUT2D eigenvalue weighted by atomic mass is 9.97. The minimum atomic E-state index is -0.646. The van der Waals surface area contributed by atoms with Crippen LogP contribution in [0.1, 0.15) is 17.7 Å². The average molecular weight is 380 g/mol. The summed E-state index contributed by atoms with van der Waals surface area (Å²) < 4.78 is 1.09. The molecule has 0 spiro atoms. The van der Waals surface area contributed by atoms with E-state index < -0.39 is 5.97 Å². The summed E-state index contributed by atoms with van der Waals surface area (Å²) in [6.45, 7) is 2.67. The molecule has 1 fully saturated rings. The van der Waals surface area contributed by atoms with E-state index in [4.69, 9.17) is 5.11 Å². The van der Waals surface area contributed by atoms with E-state index in [2.05, 4.69) is 51.2 Å². The summed E-state index contributed by atoms with van der Waals surface area (Å²) in [5, 5.41) is 9.05. The summed E-state index contributed by atoms with van der Waals surface area (Å²) in [6, 6.07) is 12.7. The molecule has 22 heavy (non-hydrogen) atoms. The number of nitrogens with zero attached hydrogens (tertiary/aromatic N) is 1. The Kier molecular flexibility index (Phi) is 4.96. The van der Waals surface area contributed by atoms with Gasteiger partial charge in [0.2, 0.25) is 0 Å². The molecular formula is C17H18BrNO2S. The van der Waals surface area contributed by atoms with Crippen molar-refractivity contribution in [2.24, 2.45) is 5.92 Å². The molecule has 0 aliphatic carbocycles. The molecule has 0 unspecified atom stereocenters. The highest BCUT2D eigenvalue weighted by atomic mass is 79.9. The molecule has 116 valence electrons. The van der Waals surface area contributed by atoms with Gasteiger partial charge in [-0.1, -0.05) is 28.1 Å². The Balaban J connectivity index is 1.62. The SMILES string of the molecule is O=C(O)C1CCN(Cc2ccc(-c3cccc(Br)c3)s2)CC1. The van der Waals surface area contributed by atoms with Crippen LogP contribution < -0.4 is 0 Å². The van der Waals surface area contributed by atoms with E-state index >= 15 is 0 Å². The first-order chi connectivity index (χ1) is 10.6. The average Bonchev–Trinajstić information content (AvgIpc) is 2.96. The Labute approximate surface area is 142 Å². The monoisotopic (exact) mass is 379 g/mol. The van der Waals surface area contributed by atoms with Crippen molar-refractivity contribution in [3.05, 3.63) is 45.7 Å². The number of thiophene rings is 1. The van der Waals surface area contributed by atoms with Crippen LogP contribution >= 0.6 is 27.3 Å². The highest BCUT2D eigenvalue weighted by Crippen LogP contribution is 2.31. The maximum absolute atomic E-state index is 11.0. The van der Waals surface area contributed by atoms with Crippen LogP contribution in [-0.4, -0.2) is 29.1 Å². The van der Waals surface area contributed by atoms with Crippen molar-refractivity contribution < 1.29 is 9.90 Å². The Morgan fingerprint density at radius 1 is 1.27 bits per heavy atom. The van der Waals surface area contributed by atoms with E-state index in [1.165, 1.54) is 15.3 Å². The molecule has 3 rings (SSSR count). The maximum atomic E-state index is 11.0. The molecule has 1 aromatic carbocycles. The molecule has 3 nitrogen and oxygen atoms in total. The maximum Gasteiger partial charge on any atom is 0.306 e. The van der Waals surface area contributed by atoms with Gasteiger partial charge in [0, 0.05) is 20.8 Å². The molecule has 1 aliphatic heterocycles. The van der Waals surface area contributed by atoms with E-state index in [1.807, 2.05) is 17.4 Å². The molecule has 2 aromatic rings. The van der Waals surface area contributed by atoms with E-state index in [1.54, 1.807) is 0 Å². The van der Waals surface area contributed by atoms with Crippen LogP contribution in [-0.2, 0) is 11.3 Å². The Morgan fingerprint density at radius 3 is 2.73 bits per heavy atom. The molecule has 1 aromatic heterocycles. The van der Waals surface area contributed by atoms with Gasteiger partial charge in [-0.3, -0.25) is 9.69 Å². The number of likely N-dealkylation sites (tertiary alicyclic amines) is 1. The summed E-state index contributed by atoms with van der Waals surface area (Å²) >= 11 is 5.33. The molecule has 0 radical (unpaired) electrons. The fraction of sp³-hybridized carbons (Fsp3) is 0.353. The third-order valence-electron chi connectivity index (χ3n) is 4.09. The summed E-state index contributed by atoms with van der Waals surface area (Å²) in [7, 11) is 0. The number of halogens is 1. The second-order valence-electron chi connectivity index (χ2n) is 5.66. The standard InChI is InChI=1S/C17H18BrNO2S/c18-14-3-1-2-13(10-14)16-5-4-15(22-16)11-19-8-6-12(7-9-19)17(20)21/h1-5,10,12H,6-9,11H2,(H,20,21). The Morgan fingerprint density at radius 2 is 2.05 bits per heavy atom. The number of hydrogen-bond acceptors (Lipinski definition) is 3. The Bertz CT molecular complexity index is 662. The number of piperidine rings is 1. The van der Waals surface area contributed by atoms with Gasteiger partial charge in [-0.25, -0.2) is 0 Å². The minimum Gasteiger partial charge on any atom is -0.481 e. The van der Waals surface area contributed by atoms with Crippen molar-refractivity contribution in [1.82, 2.24) is 4.90 Å². The van der Waals surface area contributed by atoms with Gasteiger partial charge in [0.1, 0.15) is 0 Å². The number of benzene rings is 1. The smallest absolute Gasteiger partial charge is 0.306 e. The third-order valence-corrected chi connectivity index (χ3v) is 5.70. The minimum absolute atomic E-state index is 0.156. The lowest BCUT2D eigenvalue weighted by Gasteiger charge is -2.29. The molecule has 0 amide bonds. The predicted octanol–water partition coefficient (Wildman–Crippen LogP) is 4.47. The zero-order valence-corrected chi connectivity index (χ0v) is 14.6. The lowest BCUT2D eigenvalue weighted by Crippen LogP contribution is -2.35. The zero-order valence-electron chi connectivity index (χ0n) is 12.2. The molecule has 1 aliphatic rings. The summed E-state index contributed by atoms with van der Waals surface area (Å²) in [6.07, 6.45) is 1.53. The van der Waals surface area contributed by atoms with Crippen molar-refractivity contribution in [2.45, 2.75) is 19.4 Å². The number of carboxylic acid groups (broad SMARTS) is 1. The predicted molar refractivity (Wildman–Crippen MR) is 93.1 cm³/mol. The first-order valence-corrected chi connectivity index (χ1v) is 9.02. The number of aliphatic carboxylic acids is 1. The summed E-state index contributed by atoms with van der Waals surface area (Å²) in [5.74, 6) is -0.801. The third kappa shape index (κ3) is 3.77. The Hall–Kier alpha value is -1.17. The van der Waals surface area contributed by atoms with Crippen molar-refractivity contribution in [3.8, 4) is 10.4 Å². The van der Waals surface area contributed by atoms with Crippen molar-refractivity contribution in [1.29, 1.82) is 0 Å².